The van der Waals surface area contributed by atoms with Crippen LogP contribution in [0.25, 0.3) is 10.4 Å². The van der Waals surface area contributed by atoms with Crippen LogP contribution in [0.5, 0.6) is 11.6 Å². The second-order valence-electron chi connectivity index (χ2n) is 18.0. The quantitative estimate of drug-likeness (QED) is 0.0550. The summed E-state index contributed by atoms with van der Waals surface area (Å²) in [6, 6.07) is 10.8. The third-order valence-electron chi connectivity index (χ3n) is 11.7. The summed E-state index contributed by atoms with van der Waals surface area (Å²) >= 11 is 7.10. The van der Waals surface area contributed by atoms with Crippen molar-refractivity contribution in [3.8, 4) is 28.1 Å². The van der Waals surface area contributed by atoms with E-state index in [0.717, 1.165) is 33.8 Å². The van der Waals surface area contributed by atoms with E-state index in [0.29, 0.717) is 37.3 Å². The number of rotatable bonds is 19. The van der Waals surface area contributed by atoms with Crippen LogP contribution < -0.4 is 29.9 Å². The van der Waals surface area contributed by atoms with Crippen LogP contribution in [0.2, 0.25) is 0 Å². The molecule has 1 unspecified atom stereocenters. The number of hydrogen-bond acceptors (Lipinski definition) is 13. The Labute approximate surface area is 412 Å². The summed E-state index contributed by atoms with van der Waals surface area (Å²) in [5.74, 6) is -3.47. The standard InChI is InChI=1S/C48H54F4N8O8S2/c1-28-40(70-27-56-28)30-13-11-29(12-14-30)24-55-42(62)33-10-8-17-58(33)43(63)41(46(2,3)4)57-36(61)26-67-21-20-66-18-9-19-68-37-22-35(65-7)34(25-54-37)60-45(69)59(44(64)47(60,5)6)32-16-15-31(23-53)38(39(32)49)48(50,51)52/h11-16,22,25,27,33,41H,8-10,17-21,24,26H2,1-7H3,(H,55,62)(H,57,61)/t33?,41-/m1/s1. The zero-order chi connectivity index (χ0) is 51.1. The molecular formula is C48H54F4N8O8S2. The number of hydrogen-bond donors (Lipinski definition) is 2. The van der Waals surface area contributed by atoms with Crippen LogP contribution in [0.4, 0.5) is 28.9 Å². The number of nitriles is 1. The highest BCUT2D eigenvalue weighted by Gasteiger charge is 2.53. The van der Waals surface area contributed by atoms with E-state index in [2.05, 4.69) is 20.6 Å². The number of carbonyl (C=O) groups is 4. The summed E-state index contributed by atoms with van der Waals surface area (Å²) in [6.07, 6.45) is -2.35. The largest absolute Gasteiger partial charge is 0.494 e. The number of nitrogens with zero attached hydrogens (tertiary/aromatic N) is 6. The number of aryl methyl sites for hydroxylation is 1. The zero-order valence-electron chi connectivity index (χ0n) is 39.7. The number of carbonyl (C=O) groups excluding carboxylic acids is 4. The maximum absolute atomic E-state index is 15.5. The number of ether oxygens (including phenoxy) is 4. The molecule has 70 heavy (non-hydrogen) atoms. The van der Waals surface area contributed by atoms with Gasteiger partial charge in [-0.15, -0.1) is 11.3 Å². The fraction of sp³-hybridized carbons (Fsp3) is 0.458. The van der Waals surface area contributed by atoms with Crippen molar-refractivity contribution < 1.29 is 55.7 Å². The molecule has 2 aliphatic rings. The summed E-state index contributed by atoms with van der Waals surface area (Å²) in [5.41, 5.74) is -0.842. The number of likely N-dealkylation sites (tertiary alicyclic amines) is 1. The monoisotopic (exact) mass is 1010 g/mol. The highest BCUT2D eigenvalue weighted by molar-refractivity contribution is 7.81. The summed E-state index contributed by atoms with van der Waals surface area (Å²) in [6.45, 7) is 11.4. The molecule has 0 radical (unpaired) electrons. The number of thiocarbonyl (C=S) groups is 1. The van der Waals surface area contributed by atoms with Crippen LogP contribution in [0.15, 0.2) is 54.2 Å². The number of aromatic nitrogens is 2. The molecule has 2 saturated heterocycles. The third-order valence-corrected chi connectivity index (χ3v) is 13.0. The third kappa shape index (κ3) is 11.8. The fourth-order valence-electron chi connectivity index (χ4n) is 8.04. The van der Waals surface area contributed by atoms with E-state index in [4.69, 9.17) is 31.2 Å². The van der Waals surface area contributed by atoms with Crippen LogP contribution in [0.3, 0.4) is 0 Å². The zero-order valence-corrected chi connectivity index (χ0v) is 41.3. The number of anilines is 2. The van der Waals surface area contributed by atoms with Crippen LogP contribution in [0, 0.1) is 29.5 Å². The van der Waals surface area contributed by atoms with Crippen LogP contribution >= 0.6 is 23.6 Å². The van der Waals surface area contributed by atoms with Gasteiger partial charge in [0.2, 0.25) is 23.6 Å². The molecule has 2 aromatic carbocycles. The lowest BCUT2D eigenvalue weighted by molar-refractivity contribution is -0.144. The van der Waals surface area contributed by atoms with Crippen molar-refractivity contribution in [2.24, 2.45) is 5.41 Å². The van der Waals surface area contributed by atoms with Crippen molar-refractivity contribution in [3.05, 3.63) is 82.4 Å². The van der Waals surface area contributed by atoms with E-state index in [1.807, 2.05) is 57.5 Å². The van der Waals surface area contributed by atoms with Crippen molar-refractivity contribution in [1.29, 1.82) is 5.26 Å². The Bertz CT molecular complexity index is 2630. The first kappa shape index (κ1) is 53.1. The fourth-order valence-corrected chi connectivity index (χ4v) is 9.36. The molecule has 16 nitrogen and oxygen atoms in total. The van der Waals surface area contributed by atoms with Crippen LogP contribution in [-0.4, -0.2) is 108 Å². The second kappa shape index (κ2) is 22.2. The van der Waals surface area contributed by atoms with E-state index < -0.39 is 63.7 Å². The molecule has 2 aromatic heterocycles. The van der Waals surface area contributed by atoms with Gasteiger partial charge in [-0.05, 0) is 74.5 Å². The van der Waals surface area contributed by atoms with Gasteiger partial charge in [0, 0.05) is 32.2 Å². The van der Waals surface area contributed by atoms with Crippen LogP contribution in [0.1, 0.15) is 76.3 Å². The first-order chi connectivity index (χ1) is 33.1. The molecule has 2 fully saturated rings. The van der Waals surface area contributed by atoms with Gasteiger partial charge in [0.15, 0.2) is 10.9 Å². The van der Waals surface area contributed by atoms with Gasteiger partial charge in [0.1, 0.15) is 41.2 Å². The lowest BCUT2D eigenvalue weighted by Crippen LogP contribution is -2.58. The smallest absolute Gasteiger partial charge is 0.420 e. The number of benzene rings is 2. The van der Waals surface area contributed by atoms with E-state index in [-0.39, 0.29) is 67.3 Å². The molecule has 0 saturated carbocycles. The van der Waals surface area contributed by atoms with Crippen molar-refractivity contribution in [3.63, 3.8) is 0 Å². The van der Waals surface area contributed by atoms with Gasteiger partial charge in [-0.2, -0.15) is 18.4 Å². The molecule has 0 aliphatic carbocycles. The maximum Gasteiger partial charge on any atom is 0.420 e. The highest BCUT2D eigenvalue weighted by atomic mass is 32.1. The summed E-state index contributed by atoms with van der Waals surface area (Å²) < 4.78 is 79.3. The average Bonchev–Trinajstić information content (AvgIpc) is 4.02. The summed E-state index contributed by atoms with van der Waals surface area (Å²) in [4.78, 5) is 67.2. The van der Waals surface area contributed by atoms with Gasteiger partial charge in [-0.1, -0.05) is 45.0 Å². The Hall–Kier alpha value is -6.28. The lowest BCUT2D eigenvalue weighted by Gasteiger charge is -2.35. The molecule has 2 aliphatic heterocycles. The van der Waals surface area contributed by atoms with Gasteiger partial charge < -0.3 is 34.5 Å². The number of thiazole rings is 1. The molecule has 2 N–H and O–H groups in total. The minimum atomic E-state index is -5.22. The van der Waals surface area contributed by atoms with Crippen molar-refractivity contribution in [2.75, 3.05) is 56.5 Å². The Morgan fingerprint density at radius 1 is 1.03 bits per heavy atom. The summed E-state index contributed by atoms with van der Waals surface area (Å²) in [7, 11) is 1.34. The number of amides is 4. The Morgan fingerprint density at radius 3 is 2.39 bits per heavy atom. The molecule has 374 valence electrons. The second-order valence-corrected chi connectivity index (χ2v) is 19.3. The van der Waals surface area contributed by atoms with Crippen molar-refractivity contribution >= 4 is 63.7 Å². The Kier molecular flexibility index (Phi) is 16.8. The van der Waals surface area contributed by atoms with Crippen molar-refractivity contribution in [2.45, 2.75) is 91.1 Å². The molecule has 6 rings (SSSR count). The van der Waals surface area contributed by atoms with E-state index in [1.54, 1.807) is 16.2 Å². The SMILES string of the molecule is COc1cc(OCCCOCCOCC(=O)N[C@H](C(=O)N2CCCC2C(=O)NCc2ccc(-c3scnc3C)cc2)C(C)(C)C)ncc1N1C(=S)N(c2ccc(C#N)c(C(F)(F)F)c2F)C(=O)C1(C)C. The van der Waals surface area contributed by atoms with Gasteiger partial charge in [0.05, 0.1) is 66.5 Å². The predicted molar refractivity (Wildman–Crippen MR) is 256 cm³/mol. The number of nitrogens with one attached hydrogen (secondary N) is 2. The lowest BCUT2D eigenvalue weighted by atomic mass is 9.85. The van der Waals surface area contributed by atoms with Crippen LogP contribution in [-0.2, 0) is 41.4 Å². The van der Waals surface area contributed by atoms with E-state index in [1.165, 1.54) is 44.2 Å². The van der Waals surface area contributed by atoms with Gasteiger partial charge in [-0.3, -0.25) is 29.0 Å². The van der Waals surface area contributed by atoms with E-state index >= 15 is 4.39 Å². The Balaban J connectivity index is 0.926. The number of halogens is 4. The normalized spacial score (nSPS) is 16.3. The molecule has 0 bridgehead atoms. The molecule has 2 atom stereocenters. The van der Waals surface area contributed by atoms with Gasteiger partial charge >= 0.3 is 6.18 Å². The number of alkyl halides is 3. The number of methoxy groups -OCH3 is 1. The minimum absolute atomic E-state index is 0.0839. The molecule has 4 aromatic rings. The van der Waals surface area contributed by atoms with Gasteiger partial charge in [0.25, 0.3) is 5.91 Å². The highest BCUT2D eigenvalue weighted by Crippen LogP contribution is 2.44. The average molecular weight is 1010 g/mol. The Morgan fingerprint density at radius 2 is 1.74 bits per heavy atom. The van der Waals surface area contributed by atoms with Gasteiger partial charge in [-0.25, -0.2) is 14.4 Å². The van der Waals surface area contributed by atoms with Crippen molar-refractivity contribution in [1.82, 2.24) is 25.5 Å². The number of pyridine rings is 1. The molecule has 0 spiro atoms. The maximum atomic E-state index is 15.5. The summed E-state index contributed by atoms with van der Waals surface area (Å²) in [5, 5.41) is 14.6. The molecule has 4 amide bonds. The topological polar surface area (TPSA) is 189 Å². The first-order valence-corrected chi connectivity index (χ1v) is 23.6. The predicted octanol–water partition coefficient (Wildman–Crippen LogP) is 7.11. The first-order valence-electron chi connectivity index (χ1n) is 22.3. The molecule has 22 heteroatoms. The molecular weight excluding hydrogens is 957 g/mol. The minimum Gasteiger partial charge on any atom is -0.494 e. The van der Waals surface area contributed by atoms with E-state index in [9.17, 15) is 37.6 Å². The molecule has 4 heterocycles.